The Morgan fingerprint density at radius 3 is 1.53 bits per heavy atom. The Morgan fingerprint density at radius 2 is 1.12 bits per heavy atom. The van der Waals surface area contributed by atoms with Crippen molar-refractivity contribution in [3.63, 3.8) is 0 Å². The van der Waals surface area contributed by atoms with E-state index in [-0.39, 0.29) is 45.1 Å². The molecule has 0 heterocycles. The highest BCUT2D eigenvalue weighted by Crippen LogP contribution is 2.56. The third-order valence-corrected chi connectivity index (χ3v) is 5.21. The summed E-state index contributed by atoms with van der Waals surface area (Å²) >= 11 is 0. The smallest absolute Gasteiger partial charge is 0.345 e. The van der Waals surface area contributed by atoms with Crippen molar-refractivity contribution >= 4 is 29.5 Å². The van der Waals surface area contributed by atoms with Gasteiger partial charge in [0.15, 0.2) is 5.75 Å². The summed E-state index contributed by atoms with van der Waals surface area (Å²) in [5.74, 6) is -4.32. The van der Waals surface area contributed by atoms with Gasteiger partial charge < -0.3 is 33.2 Å². The standard InChI is InChI=1S/C21H24O11/c1-21(20(25)32-8)13-9(10(16(21)28-4)17(22)29-5)14(26-2)12(19(24)31-7)15(27-3)11(13)18(23)30-6/h1-8H3. The number of rotatable bonds is 7. The topological polar surface area (TPSA) is 133 Å². The van der Waals surface area contributed by atoms with E-state index in [0.29, 0.717) is 0 Å². The number of carbonyl (C=O) groups excluding carboxylic acids is 4. The fraction of sp³-hybridized carbons (Fsp3) is 0.429. The first-order chi connectivity index (χ1) is 15.1. The second-order valence-corrected chi connectivity index (χ2v) is 6.57. The minimum absolute atomic E-state index is 0.0743. The molecule has 174 valence electrons. The van der Waals surface area contributed by atoms with E-state index in [1.54, 1.807) is 0 Å². The van der Waals surface area contributed by atoms with Crippen molar-refractivity contribution in [2.45, 2.75) is 12.3 Å². The molecule has 0 spiro atoms. The fourth-order valence-electron chi connectivity index (χ4n) is 3.92. The Kier molecular flexibility index (Phi) is 7.02. The number of fused-ring (bicyclic) bond motifs is 1. The van der Waals surface area contributed by atoms with E-state index in [1.807, 2.05) is 0 Å². The Balaban J connectivity index is 3.34. The average molecular weight is 452 g/mol. The summed E-state index contributed by atoms with van der Waals surface area (Å²) in [5, 5.41) is 0. The van der Waals surface area contributed by atoms with Gasteiger partial charge in [0, 0.05) is 11.1 Å². The second-order valence-electron chi connectivity index (χ2n) is 6.57. The van der Waals surface area contributed by atoms with Crippen LogP contribution in [0, 0.1) is 0 Å². The number of carbonyl (C=O) groups is 4. The molecule has 0 N–H and O–H groups in total. The van der Waals surface area contributed by atoms with Crippen LogP contribution in [0.2, 0.25) is 0 Å². The van der Waals surface area contributed by atoms with Crippen LogP contribution in [0.1, 0.15) is 38.8 Å². The molecule has 0 bridgehead atoms. The van der Waals surface area contributed by atoms with E-state index in [0.717, 1.165) is 28.4 Å². The molecular formula is C21H24O11. The second kappa shape index (κ2) is 9.16. The van der Waals surface area contributed by atoms with E-state index in [9.17, 15) is 19.2 Å². The van der Waals surface area contributed by atoms with Gasteiger partial charge in [-0.15, -0.1) is 0 Å². The van der Waals surface area contributed by atoms with E-state index in [2.05, 4.69) is 0 Å². The van der Waals surface area contributed by atoms with Gasteiger partial charge in [-0.25, -0.2) is 14.4 Å². The molecule has 2 rings (SSSR count). The molecule has 1 aromatic carbocycles. The Bertz CT molecular complexity index is 1020. The molecule has 0 saturated carbocycles. The summed E-state index contributed by atoms with van der Waals surface area (Å²) in [6.07, 6.45) is 0. The van der Waals surface area contributed by atoms with Gasteiger partial charge in [-0.1, -0.05) is 0 Å². The number of esters is 4. The first-order valence-electron chi connectivity index (χ1n) is 9.10. The highest BCUT2D eigenvalue weighted by Gasteiger charge is 2.57. The zero-order valence-corrected chi connectivity index (χ0v) is 19.0. The van der Waals surface area contributed by atoms with Crippen LogP contribution < -0.4 is 9.47 Å². The van der Waals surface area contributed by atoms with Crippen LogP contribution in [0.4, 0.5) is 0 Å². The zero-order chi connectivity index (χ0) is 24.4. The largest absolute Gasteiger partial charge is 0.499 e. The maximum absolute atomic E-state index is 13.0. The Morgan fingerprint density at radius 1 is 0.625 bits per heavy atom. The molecule has 0 aliphatic heterocycles. The summed E-state index contributed by atoms with van der Waals surface area (Å²) in [7, 11) is 8.13. The van der Waals surface area contributed by atoms with Gasteiger partial charge in [-0.3, -0.25) is 4.79 Å². The lowest BCUT2D eigenvalue weighted by Gasteiger charge is -2.28. The van der Waals surface area contributed by atoms with Crippen molar-refractivity contribution < 1.29 is 52.3 Å². The first-order valence-corrected chi connectivity index (χ1v) is 9.10. The summed E-state index contributed by atoms with van der Waals surface area (Å²) in [5.41, 5.74) is -2.86. The van der Waals surface area contributed by atoms with E-state index in [4.69, 9.17) is 33.2 Å². The van der Waals surface area contributed by atoms with Crippen molar-refractivity contribution in [1.82, 2.24) is 0 Å². The van der Waals surface area contributed by atoms with Crippen molar-refractivity contribution in [1.29, 1.82) is 0 Å². The highest BCUT2D eigenvalue weighted by atomic mass is 16.5. The van der Waals surface area contributed by atoms with Crippen LogP contribution in [0.25, 0.3) is 5.57 Å². The Hall–Kier alpha value is -3.76. The molecule has 0 radical (unpaired) electrons. The lowest BCUT2D eigenvalue weighted by molar-refractivity contribution is -0.146. The lowest BCUT2D eigenvalue weighted by atomic mass is 9.79. The van der Waals surface area contributed by atoms with Gasteiger partial charge in [-0.2, -0.15) is 0 Å². The predicted octanol–water partition coefficient (Wildman–Crippen LogP) is 1.25. The van der Waals surface area contributed by atoms with Crippen molar-refractivity contribution in [3.8, 4) is 11.5 Å². The number of hydrogen-bond donors (Lipinski definition) is 0. The molecular weight excluding hydrogens is 428 g/mol. The van der Waals surface area contributed by atoms with Crippen molar-refractivity contribution in [2.75, 3.05) is 49.8 Å². The predicted molar refractivity (Wildman–Crippen MR) is 108 cm³/mol. The fourth-order valence-corrected chi connectivity index (χ4v) is 3.92. The molecule has 11 heteroatoms. The van der Waals surface area contributed by atoms with Gasteiger partial charge >= 0.3 is 23.9 Å². The van der Waals surface area contributed by atoms with Gasteiger partial charge in [0.2, 0.25) is 0 Å². The lowest BCUT2D eigenvalue weighted by Crippen LogP contribution is -2.37. The molecule has 1 aromatic rings. The van der Waals surface area contributed by atoms with E-state index < -0.39 is 29.3 Å². The van der Waals surface area contributed by atoms with Gasteiger partial charge in [0.1, 0.15) is 33.6 Å². The number of benzene rings is 1. The quantitative estimate of drug-likeness (QED) is 0.437. The molecule has 1 aliphatic rings. The maximum atomic E-state index is 13.0. The van der Waals surface area contributed by atoms with Crippen LogP contribution >= 0.6 is 0 Å². The van der Waals surface area contributed by atoms with Crippen molar-refractivity contribution in [2.24, 2.45) is 0 Å². The van der Waals surface area contributed by atoms with Crippen LogP contribution in [-0.2, 0) is 38.7 Å². The number of methoxy groups -OCH3 is 7. The van der Waals surface area contributed by atoms with Crippen molar-refractivity contribution in [3.05, 3.63) is 28.0 Å². The third kappa shape index (κ3) is 3.20. The highest BCUT2D eigenvalue weighted by molar-refractivity contribution is 6.25. The van der Waals surface area contributed by atoms with Gasteiger partial charge in [0.05, 0.1) is 49.8 Å². The summed E-state index contributed by atoms with van der Waals surface area (Å²) in [6.45, 7) is 1.38. The molecule has 32 heavy (non-hydrogen) atoms. The average Bonchev–Trinajstić information content (AvgIpc) is 3.09. The molecule has 0 fully saturated rings. The summed E-state index contributed by atoms with van der Waals surface area (Å²) in [6, 6.07) is 0. The SMILES string of the molecule is COC(=O)C1=C(OC)C(C)(C(=O)OC)c2c(C(=O)OC)c(OC)c(C(=O)OC)c(OC)c21. The Labute approximate surface area is 184 Å². The third-order valence-electron chi connectivity index (χ3n) is 5.21. The van der Waals surface area contributed by atoms with Crippen LogP contribution in [-0.4, -0.2) is 73.6 Å². The zero-order valence-electron chi connectivity index (χ0n) is 19.0. The maximum Gasteiger partial charge on any atom is 0.345 e. The molecule has 0 aromatic heterocycles. The molecule has 1 atom stereocenters. The molecule has 0 amide bonds. The monoisotopic (exact) mass is 452 g/mol. The van der Waals surface area contributed by atoms with E-state index in [1.165, 1.54) is 28.3 Å². The van der Waals surface area contributed by atoms with Gasteiger partial charge in [0.25, 0.3) is 0 Å². The normalized spacial score (nSPS) is 16.6. The summed E-state index contributed by atoms with van der Waals surface area (Å²) in [4.78, 5) is 51.5. The van der Waals surface area contributed by atoms with E-state index >= 15 is 0 Å². The van der Waals surface area contributed by atoms with Crippen LogP contribution in [0.5, 0.6) is 11.5 Å². The number of ether oxygens (including phenoxy) is 7. The molecule has 1 aliphatic carbocycles. The van der Waals surface area contributed by atoms with Crippen LogP contribution in [0.15, 0.2) is 5.76 Å². The number of hydrogen-bond acceptors (Lipinski definition) is 11. The molecule has 1 unspecified atom stereocenters. The minimum Gasteiger partial charge on any atom is -0.499 e. The van der Waals surface area contributed by atoms with Gasteiger partial charge in [-0.05, 0) is 6.92 Å². The van der Waals surface area contributed by atoms with Crippen LogP contribution in [0.3, 0.4) is 0 Å². The summed E-state index contributed by atoms with van der Waals surface area (Å²) < 4.78 is 35.9. The minimum atomic E-state index is -1.83. The first kappa shape index (κ1) is 24.5. The molecule has 11 nitrogen and oxygen atoms in total. The molecule has 0 saturated heterocycles.